The van der Waals surface area contributed by atoms with E-state index in [1.165, 1.54) is 6.07 Å². The van der Waals surface area contributed by atoms with Crippen LogP contribution < -0.4 is 9.64 Å². The molecule has 6 nitrogen and oxygen atoms in total. The van der Waals surface area contributed by atoms with Gasteiger partial charge in [0.25, 0.3) is 5.91 Å². The van der Waals surface area contributed by atoms with E-state index in [0.29, 0.717) is 43.2 Å². The van der Waals surface area contributed by atoms with E-state index in [-0.39, 0.29) is 24.9 Å². The Labute approximate surface area is 168 Å². The zero-order valence-electron chi connectivity index (χ0n) is 15.8. The highest BCUT2D eigenvalue weighted by Gasteiger charge is 2.24. The topological polar surface area (TPSA) is 59.1 Å². The van der Waals surface area contributed by atoms with E-state index in [4.69, 9.17) is 9.47 Å². The molecule has 0 aliphatic carbocycles. The molecule has 2 aromatic rings. The lowest BCUT2D eigenvalue weighted by molar-refractivity contribution is -0.149. The minimum atomic E-state index is -0.558. The Bertz CT molecular complexity index is 951. The normalized spacial score (nSPS) is 15.8. The maximum absolute atomic E-state index is 13.9. The number of anilines is 1. The Morgan fingerprint density at radius 2 is 1.72 bits per heavy atom. The number of esters is 1. The van der Waals surface area contributed by atoms with Crippen LogP contribution in [0.15, 0.2) is 54.1 Å². The van der Waals surface area contributed by atoms with E-state index in [1.54, 1.807) is 29.2 Å². The fraction of sp³-hybridized carbons (Fsp3) is 0.273. The zero-order valence-corrected chi connectivity index (χ0v) is 15.8. The van der Waals surface area contributed by atoms with Gasteiger partial charge in [-0.25, -0.2) is 9.18 Å². The number of fused-ring (bicyclic) bond motifs is 1. The average Bonchev–Trinajstić information content (AvgIpc) is 2.77. The first kappa shape index (κ1) is 19.0. The zero-order chi connectivity index (χ0) is 20.2. The van der Waals surface area contributed by atoms with Crippen molar-refractivity contribution in [1.82, 2.24) is 4.90 Å². The van der Waals surface area contributed by atoms with Gasteiger partial charge in [-0.15, -0.1) is 0 Å². The Hall–Kier alpha value is -3.35. The van der Waals surface area contributed by atoms with Crippen molar-refractivity contribution in [1.29, 1.82) is 0 Å². The fourth-order valence-electron chi connectivity index (χ4n) is 3.45. The second-order valence-corrected chi connectivity index (χ2v) is 6.89. The van der Waals surface area contributed by atoms with Crippen LogP contribution in [0.2, 0.25) is 0 Å². The van der Waals surface area contributed by atoms with Gasteiger partial charge in [0.1, 0.15) is 18.2 Å². The number of halogens is 1. The first-order valence-corrected chi connectivity index (χ1v) is 9.48. The predicted octanol–water partition coefficient (Wildman–Crippen LogP) is 2.49. The van der Waals surface area contributed by atoms with Crippen molar-refractivity contribution in [3.63, 3.8) is 0 Å². The van der Waals surface area contributed by atoms with Gasteiger partial charge in [-0.05, 0) is 24.3 Å². The van der Waals surface area contributed by atoms with Crippen molar-refractivity contribution in [2.24, 2.45) is 0 Å². The summed E-state index contributed by atoms with van der Waals surface area (Å²) in [5.41, 5.74) is 1.72. The highest BCUT2D eigenvalue weighted by molar-refractivity contribution is 5.96. The molecule has 7 heteroatoms. The molecule has 0 spiro atoms. The number of amides is 1. The molecule has 2 aromatic carbocycles. The van der Waals surface area contributed by atoms with Crippen LogP contribution in [0.3, 0.4) is 0 Å². The van der Waals surface area contributed by atoms with Crippen molar-refractivity contribution in [2.45, 2.75) is 0 Å². The summed E-state index contributed by atoms with van der Waals surface area (Å²) < 4.78 is 24.6. The van der Waals surface area contributed by atoms with Crippen molar-refractivity contribution in [3.05, 3.63) is 65.5 Å². The van der Waals surface area contributed by atoms with E-state index in [9.17, 15) is 14.0 Å². The largest absolute Gasteiger partial charge is 0.488 e. The van der Waals surface area contributed by atoms with Gasteiger partial charge in [-0.2, -0.15) is 0 Å². The lowest BCUT2D eigenvalue weighted by atomic mass is 10.1. The van der Waals surface area contributed by atoms with Gasteiger partial charge in [0.15, 0.2) is 6.61 Å². The third kappa shape index (κ3) is 4.23. The van der Waals surface area contributed by atoms with Gasteiger partial charge in [0, 0.05) is 31.7 Å². The van der Waals surface area contributed by atoms with E-state index in [2.05, 4.69) is 0 Å². The van der Waals surface area contributed by atoms with Gasteiger partial charge in [0.2, 0.25) is 0 Å². The Morgan fingerprint density at radius 1 is 1.00 bits per heavy atom. The molecule has 0 N–H and O–H groups in total. The van der Waals surface area contributed by atoms with Crippen LogP contribution in [-0.4, -0.2) is 56.2 Å². The monoisotopic (exact) mass is 396 g/mol. The van der Waals surface area contributed by atoms with E-state index in [1.807, 2.05) is 29.2 Å². The highest BCUT2D eigenvalue weighted by atomic mass is 19.1. The minimum absolute atomic E-state index is 0.116. The predicted molar refractivity (Wildman–Crippen MR) is 106 cm³/mol. The first-order valence-electron chi connectivity index (χ1n) is 9.48. The highest BCUT2D eigenvalue weighted by Crippen LogP contribution is 2.26. The molecule has 0 radical (unpaired) electrons. The number of carbonyl (C=O) groups is 2. The number of piperazine rings is 1. The Morgan fingerprint density at radius 3 is 2.52 bits per heavy atom. The van der Waals surface area contributed by atoms with E-state index < -0.39 is 5.97 Å². The molecule has 0 saturated carbocycles. The minimum Gasteiger partial charge on any atom is -0.488 e. The maximum Gasteiger partial charge on any atom is 0.338 e. The third-order valence-corrected chi connectivity index (χ3v) is 5.05. The van der Waals surface area contributed by atoms with E-state index in [0.717, 1.165) is 5.56 Å². The first-order chi connectivity index (χ1) is 14.1. The van der Waals surface area contributed by atoms with Gasteiger partial charge < -0.3 is 19.3 Å². The Balaban J connectivity index is 1.28. The summed E-state index contributed by atoms with van der Waals surface area (Å²) in [4.78, 5) is 28.2. The molecule has 150 valence electrons. The second-order valence-electron chi connectivity index (χ2n) is 6.89. The Kier molecular flexibility index (Phi) is 5.46. The summed E-state index contributed by atoms with van der Waals surface area (Å²) in [5, 5.41) is 0. The number of benzene rings is 2. The number of carbonyl (C=O) groups excluding carboxylic acids is 2. The summed E-state index contributed by atoms with van der Waals surface area (Å²) >= 11 is 0. The number of rotatable bonds is 4. The second kappa shape index (κ2) is 8.34. The smallest absolute Gasteiger partial charge is 0.338 e. The van der Waals surface area contributed by atoms with Gasteiger partial charge >= 0.3 is 5.97 Å². The van der Waals surface area contributed by atoms with E-state index >= 15 is 0 Å². The van der Waals surface area contributed by atoms with Gasteiger partial charge in [-0.3, -0.25) is 4.79 Å². The van der Waals surface area contributed by atoms with Crippen molar-refractivity contribution >= 4 is 23.6 Å². The number of nitrogens with zero attached hydrogens (tertiary/aromatic N) is 2. The summed E-state index contributed by atoms with van der Waals surface area (Å²) in [6, 6.07) is 14.0. The molecule has 2 heterocycles. The van der Waals surface area contributed by atoms with Crippen LogP contribution in [-0.2, 0) is 14.3 Å². The molecule has 2 aliphatic rings. The molecule has 0 bridgehead atoms. The SMILES string of the molecule is O=C(OCC(=O)N1CCN(c2ccccc2F)CC1)C1=Cc2ccccc2OC1. The molecule has 1 saturated heterocycles. The standard InChI is InChI=1S/C22H21FN2O4/c23-18-6-2-3-7-19(18)24-9-11-25(12-10-24)21(26)15-29-22(27)17-13-16-5-1-4-8-20(16)28-14-17/h1-8,13H,9-12,14-15H2. The van der Waals surface area contributed by atoms with Crippen LogP contribution in [0.1, 0.15) is 5.56 Å². The molecule has 0 aromatic heterocycles. The number of para-hydroxylation sites is 2. The molecule has 1 amide bonds. The average molecular weight is 396 g/mol. The van der Waals surface area contributed by atoms with Crippen molar-refractivity contribution < 1.29 is 23.5 Å². The lowest BCUT2D eigenvalue weighted by Crippen LogP contribution is -2.50. The third-order valence-electron chi connectivity index (χ3n) is 5.05. The molecule has 2 aliphatic heterocycles. The summed E-state index contributed by atoms with van der Waals surface area (Å²) in [6.45, 7) is 1.74. The van der Waals surface area contributed by atoms with Crippen LogP contribution in [0.5, 0.6) is 5.75 Å². The van der Waals surface area contributed by atoms with Gasteiger partial charge in [-0.1, -0.05) is 30.3 Å². The molecule has 0 unspecified atom stereocenters. The summed E-state index contributed by atoms with van der Waals surface area (Å²) in [5.74, 6) is -0.374. The molecule has 0 atom stereocenters. The summed E-state index contributed by atoms with van der Waals surface area (Å²) in [6.07, 6.45) is 1.72. The lowest BCUT2D eigenvalue weighted by Gasteiger charge is -2.36. The molecular formula is C22H21FN2O4. The maximum atomic E-state index is 13.9. The fourth-order valence-corrected chi connectivity index (χ4v) is 3.45. The molecule has 29 heavy (non-hydrogen) atoms. The van der Waals surface area contributed by atoms with Crippen LogP contribution in [0, 0.1) is 5.82 Å². The molecule has 4 rings (SSSR count). The van der Waals surface area contributed by atoms with Crippen molar-refractivity contribution in [2.75, 3.05) is 44.3 Å². The molecular weight excluding hydrogens is 375 g/mol. The number of ether oxygens (including phenoxy) is 2. The van der Waals surface area contributed by atoms with Crippen LogP contribution in [0.4, 0.5) is 10.1 Å². The van der Waals surface area contributed by atoms with Gasteiger partial charge in [0.05, 0.1) is 11.3 Å². The quantitative estimate of drug-likeness (QED) is 0.744. The number of hydrogen-bond acceptors (Lipinski definition) is 5. The van der Waals surface area contributed by atoms with Crippen LogP contribution in [0.25, 0.3) is 6.08 Å². The number of hydrogen-bond donors (Lipinski definition) is 0. The van der Waals surface area contributed by atoms with Crippen LogP contribution >= 0.6 is 0 Å². The summed E-state index contributed by atoms with van der Waals surface area (Å²) in [7, 11) is 0. The molecule has 1 fully saturated rings. The van der Waals surface area contributed by atoms with Crippen molar-refractivity contribution in [3.8, 4) is 5.75 Å².